The van der Waals surface area contributed by atoms with Crippen LogP contribution in [0.4, 0.5) is 10.5 Å². The standard InChI is InChI=1S/C27H28N4O2/c1-19-18-31(27(32)30-24-5-3-12-28-17-24)13-11-22(19)14-20-4-2-6-25(15-20)33-26-10-9-23(16-29-26)21-7-8-21/h2-6,9-10,12,14-17,19,21H,7-8,11,13,18H2,1H3,(H,30,32)/b22-14+. The number of carbonyl (C=O) groups excluding carboxylic acids is 1. The summed E-state index contributed by atoms with van der Waals surface area (Å²) in [4.78, 5) is 23.0. The SMILES string of the molecule is CC1CN(C(=O)Nc2cccnc2)CC/C1=C\c1cccc(Oc2ccc(C3CC3)cn2)c1. The van der Waals surface area contributed by atoms with Crippen molar-refractivity contribution in [3.8, 4) is 11.6 Å². The lowest BCUT2D eigenvalue weighted by molar-refractivity contribution is 0.198. The molecule has 1 aliphatic carbocycles. The number of piperidine rings is 1. The first-order valence-corrected chi connectivity index (χ1v) is 11.5. The number of anilines is 1. The first-order chi connectivity index (χ1) is 16.1. The van der Waals surface area contributed by atoms with E-state index in [0.717, 1.165) is 17.7 Å². The van der Waals surface area contributed by atoms with Crippen molar-refractivity contribution in [2.45, 2.75) is 32.1 Å². The van der Waals surface area contributed by atoms with Gasteiger partial charge in [0.25, 0.3) is 0 Å². The molecule has 1 N–H and O–H groups in total. The van der Waals surface area contributed by atoms with Gasteiger partial charge in [0, 0.05) is 31.5 Å². The molecule has 0 radical (unpaired) electrons. The molecule has 33 heavy (non-hydrogen) atoms. The number of nitrogens with one attached hydrogen (secondary N) is 1. The van der Waals surface area contributed by atoms with Crippen molar-refractivity contribution in [3.05, 3.63) is 83.8 Å². The third kappa shape index (κ3) is 5.40. The number of likely N-dealkylation sites (tertiary alicyclic amines) is 1. The molecule has 1 aliphatic heterocycles. The third-order valence-corrected chi connectivity index (χ3v) is 6.24. The van der Waals surface area contributed by atoms with Gasteiger partial charge in [-0.2, -0.15) is 0 Å². The zero-order chi connectivity index (χ0) is 22.6. The van der Waals surface area contributed by atoms with Crippen LogP contribution in [0.2, 0.25) is 0 Å². The van der Waals surface area contributed by atoms with E-state index in [9.17, 15) is 4.79 Å². The minimum Gasteiger partial charge on any atom is -0.439 e. The highest BCUT2D eigenvalue weighted by atomic mass is 16.5. The van der Waals surface area contributed by atoms with E-state index in [1.165, 1.54) is 24.0 Å². The van der Waals surface area contributed by atoms with Gasteiger partial charge < -0.3 is 15.0 Å². The molecule has 1 saturated heterocycles. The van der Waals surface area contributed by atoms with Gasteiger partial charge in [-0.3, -0.25) is 4.98 Å². The second-order valence-corrected chi connectivity index (χ2v) is 8.87. The third-order valence-electron chi connectivity index (χ3n) is 6.24. The zero-order valence-electron chi connectivity index (χ0n) is 18.8. The Hall–Kier alpha value is -3.67. The van der Waals surface area contributed by atoms with Crippen molar-refractivity contribution in [3.63, 3.8) is 0 Å². The van der Waals surface area contributed by atoms with E-state index in [-0.39, 0.29) is 11.9 Å². The summed E-state index contributed by atoms with van der Waals surface area (Å²) < 4.78 is 5.99. The van der Waals surface area contributed by atoms with Crippen LogP contribution in [0.5, 0.6) is 11.6 Å². The maximum absolute atomic E-state index is 12.6. The van der Waals surface area contributed by atoms with Crippen LogP contribution in [-0.2, 0) is 0 Å². The summed E-state index contributed by atoms with van der Waals surface area (Å²) in [6.07, 6.45) is 10.9. The molecule has 2 fully saturated rings. The van der Waals surface area contributed by atoms with Gasteiger partial charge in [0.1, 0.15) is 5.75 Å². The molecule has 5 rings (SSSR count). The van der Waals surface area contributed by atoms with Crippen LogP contribution in [0.15, 0.2) is 72.7 Å². The number of carbonyl (C=O) groups is 1. The second kappa shape index (κ2) is 9.45. The lowest BCUT2D eigenvalue weighted by Gasteiger charge is -2.33. The minimum absolute atomic E-state index is 0.0792. The summed E-state index contributed by atoms with van der Waals surface area (Å²) in [5.74, 6) is 2.36. The Morgan fingerprint density at radius 2 is 2.06 bits per heavy atom. The number of rotatable bonds is 5. The summed E-state index contributed by atoms with van der Waals surface area (Å²) in [6, 6.07) is 15.7. The van der Waals surface area contributed by atoms with E-state index >= 15 is 0 Å². The average Bonchev–Trinajstić information content (AvgIpc) is 3.67. The van der Waals surface area contributed by atoms with Gasteiger partial charge in [-0.1, -0.05) is 36.8 Å². The summed E-state index contributed by atoms with van der Waals surface area (Å²) in [5, 5.41) is 2.92. The first kappa shape index (κ1) is 21.2. The van der Waals surface area contributed by atoms with Crippen LogP contribution in [0.3, 0.4) is 0 Å². The second-order valence-electron chi connectivity index (χ2n) is 8.87. The van der Waals surface area contributed by atoms with Crippen molar-refractivity contribution < 1.29 is 9.53 Å². The lowest BCUT2D eigenvalue weighted by Crippen LogP contribution is -2.42. The fraction of sp³-hybridized carbons (Fsp3) is 0.296. The number of ether oxygens (including phenoxy) is 1. The molecule has 1 unspecified atom stereocenters. The lowest BCUT2D eigenvalue weighted by atomic mass is 9.91. The molecule has 1 aromatic carbocycles. The molecule has 2 aromatic heterocycles. The summed E-state index contributed by atoms with van der Waals surface area (Å²) in [6.45, 7) is 3.54. The normalized spacial score (nSPS) is 19.4. The zero-order valence-corrected chi connectivity index (χ0v) is 18.8. The molecule has 3 aromatic rings. The van der Waals surface area contributed by atoms with Crippen LogP contribution < -0.4 is 10.1 Å². The monoisotopic (exact) mass is 440 g/mol. The molecule has 1 atom stereocenters. The molecular weight excluding hydrogens is 412 g/mol. The number of pyridine rings is 2. The van der Waals surface area contributed by atoms with Gasteiger partial charge in [-0.15, -0.1) is 0 Å². The molecule has 3 heterocycles. The predicted molar refractivity (Wildman–Crippen MR) is 129 cm³/mol. The van der Waals surface area contributed by atoms with E-state index in [4.69, 9.17) is 4.74 Å². The van der Waals surface area contributed by atoms with E-state index in [2.05, 4.69) is 40.4 Å². The van der Waals surface area contributed by atoms with Crippen molar-refractivity contribution in [2.24, 2.45) is 5.92 Å². The van der Waals surface area contributed by atoms with Crippen molar-refractivity contribution in [1.82, 2.24) is 14.9 Å². The van der Waals surface area contributed by atoms with Crippen molar-refractivity contribution >= 4 is 17.8 Å². The molecule has 2 amide bonds. The molecular formula is C27H28N4O2. The van der Waals surface area contributed by atoms with E-state index in [1.54, 1.807) is 12.4 Å². The Kier molecular flexibility index (Phi) is 6.07. The number of urea groups is 1. The number of aromatic nitrogens is 2. The fourth-order valence-corrected chi connectivity index (χ4v) is 4.20. The fourth-order valence-electron chi connectivity index (χ4n) is 4.20. The van der Waals surface area contributed by atoms with Crippen LogP contribution in [0.25, 0.3) is 6.08 Å². The number of benzene rings is 1. The maximum Gasteiger partial charge on any atom is 0.321 e. The summed E-state index contributed by atoms with van der Waals surface area (Å²) >= 11 is 0. The summed E-state index contributed by atoms with van der Waals surface area (Å²) in [5.41, 5.74) is 4.45. The molecule has 2 aliphatic rings. The Balaban J connectivity index is 1.21. The van der Waals surface area contributed by atoms with E-state index in [0.29, 0.717) is 30.6 Å². The Morgan fingerprint density at radius 3 is 2.79 bits per heavy atom. The highest BCUT2D eigenvalue weighted by Gasteiger charge is 2.25. The van der Waals surface area contributed by atoms with Gasteiger partial charge in [0.05, 0.1) is 11.9 Å². The van der Waals surface area contributed by atoms with Gasteiger partial charge >= 0.3 is 6.03 Å². The van der Waals surface area contributed by atoms with Crippen LogP contribution in [0, 0.1) is 5.92 Å². The Bertz CT molecular complexity index is 1140. The predicted octanol–water partition coefficient (Wildman–Crippen LogP) is 6.10. The first-order valence-electron chi connectivity index (χ1n) is 11.5. The Morgan fingerprint density at radius 1 is 1.15 bits per heavy atom. The average molecular weight is 441 g/mol. The van der Waals surface area contributed by atoms with E-state index < -0.39 is 0 Å². The van der Waals surface area contributed by atoms with Crippen molar-refractivity contribution in [2.75, 3.05) is 18.4 Å². The largest absolute Gasteiger partial charge is 0.439 e. The minimum atomic E-state index is -0.0792. The van der Waals surface area contributed by atoms with Crippen molar-refractivity contribution in [1.29, 1.82) is 0 Å². The van der Waals surface area contributed by atoms with Gasteiger partial charge in [0.2, 0.25) is 5.88 Å². The summed E-state index contributed by atoms with van der Waals surface area (Å²) in [7, 11) is 0. The topological polar surface area (TPSA) is 67.4 Å². The quantitative estimate of drug-likeness (QED) is 0.520. The molecule has 0 bridgehead atoms. The van der Waals surface area contributed by atoms with Crippen LogP contribution >= 0.6 is 0 Å². The van der Waals surface area contributed by atoms with Gasteiger partial charge in [0.15, 0.2) is 0 Å². The van der Waals surface area contributed by atoms with Crippen LogP contribution in [0.1, 0.15) is 43.2 Å². The molecule has 168 valence electrons. The smallest absolute Gasteiger partial charge is 0.321 e. The number of nitrogens with zero attached hydrogens (tertiary/aromatic N) is 3. The van der Waals surface area contributed by atoms with Gasteiger partial charge in [-0.05, 0) is 66.5 Å². The van der Waals surface area contributed by atoms with Crippen LogP contribution in [-0.4, -0.2) is 34.0 Å². The highest BCUT2D eigenvalue weighted by molar-refractivity contribution is 5.89. The number of hydrogen-bond donors (Lipinski definition) is 1. The number of amides is 2. The molecule has 1 saturated carbocycles. The number of hydrogen-bond acceptors (Lipinski definition) is 4. The highest BCUT2D eigenvalue weighted by Crippen LogP contribution is 2.40. The molecule has 6 nitrogen and oxygen atoms in total. The van der Waals surface area contributed by atoms with E-state index in [1.807, 2.05) is 47.5 Å². The molecule has 6 heteroatoms. The van der Waals surface area contributed by atoms with Gasteiger partial charge in [-0.25, -0.2) is 9.78 Å². The Labute approximate surface area is 194 Å². The maximum atomic E-state index is 12.6. The molecule has 0 spiro atoms.